The van der Waals surface area contributed by atoms with Crippen LogP contribution in [0.5, 0.6) is 5.75 Å². The predicted octanol–water partition coefficient (Wildman–Crippen LogP) is 4.95. The fourth-order valence-corrected chi connectivity index (χ4v) is 6.52. The van der Waals surface area contributed by atoms with Crippen LogP contribution in [-0.2, 0) is 38.5 Å². The first-order valence-corrected chi connectivity index (χ1v) is 18.8. The molecule has 0 radical (unpaired) electrons. The molecule has 2 bridgehead atoms. The Morgan fingerprint density at radius 2 is 1.63 bits per heavy atom. The van der Waals surface area contributed by atoms with Gasteiger partial charge in [0.2, 0.25) is 5.91 Å². The van der Waals surface area contributed by atoms with Gasteiger partial charge in [0.25, 0.3) is 0 Å². The Bertz CT molecular complexity index is 1560. The zero-order chi connectivity index (χ0) is 37.2. The van der Waals surface area contributed by atoms with Gasteiger partial charge < -0.3 is 40.6 Å². The number of carbonyl (C=O) groups is 4. The molecule has 3 atom stereocenters. The maximum Gasteiger partial charge on any atom is 0.407 e. The predicted molar refractivity (Wildman–Crippen MR) is 200 cm³/mol. The van der Waals surface area contributed by atoms with Crippen molar-refractivity contribution in [1.82, 2.24) is 21.3 Å². The number of aliphatic carboxylic acids is 1. The van der Waals surface area contributed by atoms with Gasteiger partial charge in [0.15, 0.2) is 5.54 Å². The van der Waals surface area contributed by atoms with Crippen LogP contribution in [0.25, 0.3) is 0 Å². The third-order valence-electron chi connectivity index (χ3n) is 8.55. The summed E-state index contributed by atoms with van der Waals surface area (Å²) < 4.78 is 17.0. The molecule has 0 saturated carbocycles. The number of carboxylic acids is 1. The topological polar surface area (TPSA) is 164 Å². The van der Waals surface area contributed by atoms with Crippen LogP contribution in [0.15, 0.2) is 84.9 Å². The van der Waals surface area contributed by atoms with Crippen LogP contribution >= 0.6 is 11.8 Å². The van der Waals surface area contributed by atoms with Gasteiger partial charge >= 0.3 is 18.1 Å². The van der Waals surface area contributed by atoms with E-state index in [1.807, 2.05) is 74.5 Å². The Labute approximate surface area is 309 Å². The summed E-state index contributed by atoms with van der Waals surface area (Å²) in [5.41, 5.74) is 0.607. The number of urea groups is 1. The molecule has 3 aromatic carbocycles. The van der Waals surface area contributed by atoms with E-state index in [-0.39, 0.29) is 43.7 Å². The summed E-state index contributed by atoms with van der Waals surface area (Å²) in [6.07, 6.45) is 1.21. The lowest BCUT2D eigenvalue weighted by atomic mass is 9.92. The number of carboxylic acid groups (broad SMARTS) is 1. The second-order valence-corrected chi connectivity index (χ2v) is 14.2. The van der Waals surface area contributed by atoms with Gasteiger partial charge in [-0.3, -0.25) is 4.79 Å². The Morgan fingerprint density at radius 3 is 2.31 bits per heavy atom. The summed E-state index contributed by atoms with van der Waals surface area (Å²) in [5.74, 6) is -0.541. The SMILES string of the molecule is CC(C)[C@H]1COCCCCOc2ccc(cc2)C[C@@H](NC(=O)N[C@](CSCCNC(=O)OCc2ccccc2)(Cc2ccccc2)C(=O)O)C(=O)N1. The van der Waals surface area contributed by atoms with E-state index in [9.17, 15) is 24.3 Å². The van der Waals surface area contributed by atoms with E-state index >= 15 is 0 Å². The number of hydrogen-bond acceptors (Lipinski definition) is 8. The Balaban J connectivity index is 1.46. The molecule has 0 aromatic heterocycles. The van der Waals surface area contributed by atoms with Gasteiger partial charge in [-0.15, -0.1) is 0 Å². The first-order chi connectivity index (χ1) is 25.1. The zero-order valence-electron chi connectivity index (χ0n) is 29.8. The van der Waals surface area contributed by atoms with E-state index in [2.05, 4.69) is 21.3 Å². The van der Waals surface area contributed by atoms with Crippen LogP contribution in [0, 0.1) is 5.92 Å². The highest BCUT2D eigenvalue weighted by Crippen LogP contribution is 2.21. The van der Waals surface area contributed by atoms with Crippen LogP contribution in [0.2, 0.25) is 0 Å². The molecule has 4 amide bonds. The van der Waals surface area contributed by atoms with Crippen molar-refractivity contribution < 1.29 is 38.5 Å². The van der Waals surface area contributed by atoms with Crippen LogP contribution in [-0.4, -0.2) is 84.6 Å². The number of hydrogen-bond donors (Lipinski definition) is 5. The summed E-state index contributed by atoms with van der Waals surface area (Å²) in [6.45, 7) is 5.71. The molecule has 280 valence electrons. The fraction of sp³-hybridized carbons (Fsp3) is 0.436. The van der Waals surface area contributed by atoms with Gasteiger partial charge in [0.05, 0.1) is 19.3 Å². The van der Waals surface area contributed by atoms with E-state index < -0.39 is 35.6 Å². The number of alkyl carbamates (subject to hydrolysis) is 1. The van der Waals surface area contributed by atoms with E-state index in [1.54, 1.807) is 24.3 Å². The molecule has 0 fully saturated rings. The van der Waals surface area contributed by atoms with Gasteiger partial charge in [0.1, 0.15) is 18.4 Å². The van der Waals surface area contributed by atoms with E-state index in [0.29, 0.717) is 36.9 Å². The van der Waals surface area contributed by atoms with Crippen molar-refractivity contribution in [1.29, 1.82) is 0 Å². The van der Waals surface area contributed by atoms with Crippen molar-refractivity contribution in [2.75, 3.05) is 37.9 Å². The first-order valence-electron chi connectivity index (χ1n) is 17.6. The fourth-order valence-electron chi connectivity index (χ4n) is 5.48. The molecule has 5 N–H and O–H groups in total. The largest absolute Gasteiger partial charge is 0.494 e. The number of amides is 4. The number of carbonyl (C=O) groups excluding carboxylic acids is 3. The van der Waals surface area contributed by atoms with E-state index in [1.165, 1.54) is 11.8 Å². The average Bonchev–Trinajstić information content (AvgIpc) is 3.13. The third kappa shape index (κ3) is 13.4. The van der Waals surface area contributed by atoms with Crippen LogP contribution < -0.4 is 26.0 Å². The lowest BCUT2D eigenvalue weighted by Gasteiger charge is -2.32. The second-order valence-electron chi connectivity index (χ2n) is 13.1. The Hall–Kier alpha value is -4.75. The highest BCUT2D eigenvalue weighted by Gasteiger charge is 2.41. The van der Waals surface area contributed by atoms with Crippen molar-refractivity contribution in [2.24, 2.45) is 5.92 Å². The van der Waals surface area contributed by atoms with Crippen molar-refractivity contribution in [3.05, 3.63) is 102 Å². The number of thioether (sulfide) groups is 1. The maximum atomic E-state index is 13.8. The minimum Gasteiger partial charge on any atom is -0.494 e. The van der Waals surface area contributed by atoms with Crippen molar-refractivity contribution in [3.63, 3.8) is 0 Å². The molecule has 13 heteroatoms. The van der Waals surface area contributed by atoms with Gasteiger partial charge in [-0.25, -0.2) is 14.4 Å². The Kier molecular flexibility index (Phi) is 16.1. The molecule has 3 aromatic rings. The lowest BCUT2D eigenvalue weighted by Crippen LogP contribution is -2.63. The standard InChI is InChI=1S/C39H50N4O8S/c1-28(2)34-26-49-20-9-10-21-50-32-17-15-29(16-18-32)23-33(35(44)41-34)42-37(47)43-39(36(45)46,24-30-11-5-3-6-12-30)27-52-22-19-40-38(48)51-25-31-13-7-4-8-14-31/h3-8,11-18,28,33-34H,9-10,19-27H2,1-2H3,(H,40,48)(H,41,44)(H,45,46)(H2,42,43,47)/t33-,34-,39+/m1/s1. The molecule has 12 nitrogen and oxygen atoms in total. The van der Waals surface area contributed by atoms with Crippen molar-refractivity contribution >= 4 is 35.8 Å². The quantitative estimate of drug-likeness (QED) is 0.153. The summed E-state index contributed by atoms with van der Waals surface area (Å²) in [6, 6.07) is 23.5. The smallest absolute Gasteiger partial charge is 0.407 e. The zero-order valence-corrected chi connectivity index (χ0v) is 30.6. The van der Waals surface area contributed by atoms with Gasteiger partial charge in [-0.2, -0.15) is 11.8 Å². The second kappa shape index (κ2) is 20.9. The highest BCUT2D eigenvalue weighted by atomic mass is 32.2. The monoisotopic (exact) mass is 734 g/mol. The number of benzene rings is 3. The minimum atomic E-state index is -1.74. The molecule has 2 heterocycles. The molecule has 2 aliphatic heterocycles. The molecule has 0 aliphatic carbocycles. The van der Waals surface area contributed by atoms with E-state index in [0.717, 1.165) is 24.0 Å². The minimum absolute atomic E-state index is 0.0127. The van der Waals surface area contributed by atoms with Gasteiger partial charge in [-0.1, -0.05) is 86.6 Å². The Morgan fingerprint density at radius 1 is 0.962 bits per heavy atom. The first kappa shape index (κ1) is 40.0. The lowest BCUT2D eigenvalue weighted by molar-refractivity contribution is -0.143. The van der Waals surface area contributed by atoms with Crippen LogP contribution in [0.1, 0.15) is 43.4 Å². The number of rotatable bonds is 13. The number of nitrogens with one attached hydrogen (secondary N) is 4. The number of ether oxygens (including phenoxy) is 3. The third-order valence-corrected chi connectivity index (χ3v) is 9.74. The van der Waals surface area contributed by atoms with E-state index in [4.69, 9.17) is 14.2 Å². The molecule has 5 rings (SSSR count). The average molecular weight is 735 g/mol. The number of fused-ring (bicyclic) bond motifs is 13. The molecule has 52 heavy (non-hydrogen) atoms. The van der Waals surface area contributed by atoms with Gasteiger partial charge in [-0.05, 0) is 47.6 Å². The van der Waals surface area contributed by atoms with Gasteiger partial charge in [0, 0.05) is 37.5 Å². The summed E-state index contributed by atoms with van der Waals surface area (Å²) in [7, 11) is 0. The molecule has 0 spiro atoms. The normalized spacial score (nSPS) is 17.9. The summed E-state index contributed by atoms with van der Waals surface area (Å²) in [5, 5.41) is 21.9. The maximum absolute atomic E-state index is 13.8. The van der Waals surface area contributed by atoms with Crippen molar-refractivity contribution in [2.45, 2.75) is 63.8 Å². The van der Waals surface area contributed by atoms with Crippen molar-refractivity contribution in [3.8, 4) is 5.75 Å². The highest BCUT2D eigenvalue weighted by molar-refractivity contribution is 7.99. The molecular weight excluding hydrogens is 685 g/mol. The molecule has 0 saturated heterocycles. The molecule has 0 unspecified atom stereocenters. The summed E-state index contributed by atoms with van der Waals surface area (Å²) >= 11 is 1.26. The van der Waals surface area contributed by atoms with Crippen LogP contribution in [0.4, 0.5) is 9.59 Å². The summed E-state index contributed by atoms with van der Waals surface area (Å²) in [4.78, 5) is 52.8. The van der Waals surface area contributed by atoms with Crippen LogP contribution in [0.3, 0.4) is 0 Å². The molecular formula is C39H50N4O8S. The molecule has 2 aliphatic rings.